The predicted octanol–water partition coefficient (Wildman–Crippen LogP) is 2.72. The van der Waals surface area contributed by atoms with E-state index in [-0.39, 0.29) is 18.2 Å². The van der Waals surface area contributed by atoms with Gasteiger partial charge in [-0.15, -0.1) is 0 Å². The number of halogens is 1. The van der Waals surface area contributed by atoms with Crippen molar-refractivity contribution in [2.75, 3.05) is 12.4 Å². The van der Waals surface area contributed by atoms with Crippen LogP contribution in [0.25, 0.3) is 10.9 Å². The highest BCUT2D eigenvalue weighted by Gasteiger charge is 2.13. The normalized spacial score (nSPS) is 11.4. The predicted molar refractivity (Wildman–Crippen MR) is 79.2 cm³/mol. The Bertz CT molecular complexity index is 655. The molecule has 0 amide bonds. The van der Waals surface area contributed by atoms with Crippen molar-refractivity contribution in [3.8, 4) is 0 Å². The molecule has 102 valence electrons. The van der Waals surface area contributed by atoms with Gasteiger partial charge in [-0.3, -0.25) is 9.36 Å². The van der Waals surface area contributed by atoms with E-state index in [1.807, 2.05) is 13.8 Å². The van der Waals surface area contributed by atoms with Gasteiger partial charge in [0.15, 0.2) is 5.16 Å². The van der Waals surface area contributed by atoms with Crippen LogP contribution in [0.5, 0.6) is 0 Å². The molecule has 1 N–H and O–H groups in total. The van der Waals surface area contributed by atoms with Crippen LogP contribution in [0.4, 0.5) is 0 Å². The van der Waals surface area contributed by atoms with Gasteiger partial charge in [0, 0.05) is 16.8 Å². The molecule has 2 rings (SSSR count). The number of fused-ring (bicyclic) bond motifs is 1. The molecule has 0 fully saturated rings. The smallest absolute Gasteiger partial charge is 0.262 e. The first-order valence-electron chi connectivity index (χ1n) is 6.00. The molecule has 0 unspecified atom stereocenters. The van der Waals surface area contributed by atoms with Crippen molar-refractivity contribution in [3.63, 3.8) is 0 Å². The number of thioether (sulfide) groups is 1. The quantitative estimate of drug-likeness (QED) is 0.696. The van der Waals surface area contributed by atoms with Crippen molar-refractivity contribution in [2.24, 2.45) is 0 Å². The van der Waals surface area contributed by atoms with Gasteiger partial charge in [-0.05, 0) is 32.0 Å². The second-order valence-electron chi connectivity index (χ2n) is 4.40. The molecule has 0 bridgehead atoms. The van der Waals surface area contributed by atoms with Crippen molar-refractivity contribution in [2.45, 2.75) is 25.0 Å². The maximum Gasteiger partial charge on any atom is 0.262 e. The monoisotopic (exact) mass is 298 g/mol. The van der Waals surface area contributed by atoms with E-state index in [2.05, 4.69) is 4.98 Å². The maximum absolute atomic E-state index is 12.5. The number of aliphatic hydroxyl groups is 1. The van der Waals surface area contributed by atoms with Crippen LogP contribution in [0.3, 0.4) is 0 Å². The third-order valence-corrected chi connectivity index (χ3v) is 3.84. The fourth-order valence-electron chi connectivity index (χ4n) is 1.85. The Balaban J connectivity index is 2.70. The van der Waals surface area contributed by atoms with Crippen LogP contribution in [0.2, 0.25) is 5.02 Å². The summed E-state index contributed by atoms with van der Waals surface area (Å²) < 4.78 is 1.65. The third kappa shape index (κ3) is 2.94. The van der Waals surface area contributed by atoms with E-state index in [0.29, 0.717) is 26.8 Å². The van der Waals surface area contributed by atoms with Crippen LogP contribution in [0.1, 0.15) is 19.9 Å². The minimum Gasteiger partial charge on any atom is -0.396 e. The second-order valence-corrected chi connectivity index (χ2v) is 5.90. The fraction of sp³-hybridized carbons (Fsp3) is 0.385. The van der Waals surface area contributed by atoms with Gasteiger partial charge in [0.05, 0.1) is 17.5 Å². The lowest BCUT2D eigenvalue weighted by atomic mass is 10.2. The van der Waals surface area contributed by atoms with Crippen LogP contribution in [0, 0.1) is 0 Å². The van der Waals surface area contributed by atoms with Gasteiger partial charge >= 0.3 is 0 Å². The summed E-state index contributed by atoms with van der Waals surface area (Å²) in [7, 11) is 0. The number of rotatable bonds is 4. The Labute approximate surface area is 120 Å². The Morgan fingerprint density at radius 2 is 2.21 bits per heavy atom. The van der Waals surface area contributed by atoms with Crippen molar-refractivity contribution in [1.29, 1.82) is 0 Å². The highest BCUT2D eigenvalue weighted by atomic mass is 35.5. The first kappa shape index (κ1) is 14.4. The lowest BCUT2D eigenvalue weighted by Crippen LogP contribution is -2.25. The van der Waals surface area contributed by atoms with Crippen LogP contribution < -0.4 is 5.56 Å². The summed E-state index contributed by atoms with van der Waals surface area (Å²) in [4.78, 5) is 17.0. The van der Waals surface area contributed by atoms with Gasteiger partial charge in [-0.2, -0.15) is 0 Å². The van der Waals surface area contributed by atoms with Crippen LogP contribution in [-0.4, -0.2) is 27.0 Å². The summed E-state index contributed by atoms with van der Waals surface area (Å²) in [6.45, 7) is 3.92. The molecule has 1 heterocycles. The molecule has 1 aromatic carbocycles. The highest BCUT2D eigenvalue weighted by Crippen LogP contribution is 2.22. The molecule has 19 heavy (non-hydrogen) atoms. The molecular weight excluding hydrogens is 284 g/mol. The lowest BCUT2D eigenvalue weighted by Gasteiger charge is -2.15. The van der Waals surface area contributed by atoms with Crippen LogP contribution in [0.15, 0.2) is 28.2 Å². The minimum absolute atomic E-state index is 0.0151. The highest BCUT2D eigenvalue weighted by molar-refractivity contribution is 7.99. The Hall–Kier alpha value is -1.04. The molecule has 0 saturated carbocycles. The zero-order chi connectivity index (χ0) is 14.0. The molecule has 0 saturated heterocycles. The molecule has 0 aliphatic heterocycles. The number of hydrogen-bond donors (Lipinski definition) is 1. The van der Waals surface area contributed by atoms with Crippen molar-refractivity contribution < 1.29 is 5.11 Å². The van der Waals surface area contributed by atoms with Gasteiger partial charge in [-0.1, -0.05) is 23.4 Å². The standard InChI is InChI=1S/C13H15ClN2O2S/c1-8(2)16-12(18)10-4-3-9(14)7-11(10)15-13(16)19-6-5-17/h3-4,7-8,17H,5-6H2,1-2H3. The maximum atomic E-state index is 12.5. The SMILES string of the molecule is CC(C)n1c(SCCO)nc2cc(Cl)ccc2c1=O. The van der Waals surface area contributed by atoms with Gasteiger partial charge in [0.2, 0.25) is 0 Å². The number of aromatic nitrogens is 2. The Morgan fingerprint density at radius 3 is 2.84 bits per heavy atom. The molecule has 1 aromatic heterocycles. The minimum atomic E-state index is -0.0721. The van der Waals surface area contributed by atoms with E-state index in [1.165, 1.54) is 11.8 Å². The zero-order valence-electron chi connectivity index (χ0n) is 10.8. The number of benzene rings is 1. The van der Waals surface area contributed by atoms with Gasteiger partial charge in [0.25, 0.3) is 5.56 Å². The third-order valence-electron chi connectivity index (χ3n) is 2.67. The molecule has 6 heteroatoms. The second kappa shape index (κ2) is 5.94. The molecule has 0 radical (unpaired) electrons. The molecule has 2 aromatic rings. The first-order valence-corrected chi connectivity index (χ1v) is 7.36. The zero-order valence-corrected chi connectivity index (χ0v) is 12.3. The van der Waals surface area contributed by atoms with Crippen molar-refractivity contribution >= 4 is 34.3 Å². The molecule has 0 atom stereocenters. The molecule has 0 aliphatic carbocycles. The summed E-state index contributed by atoms with van der Waals surface area (Å²) in [5, 5.41) is 10.7. The van der Waals surface area contributed by atoms with Crippen molar-refractivity contribution in [3.05, 3.63) is 33.6 Å². The summed E-state index contributed by atoms with van der Waals surface area (Å²) >= 11 is 7.30. The number of aliphatic hydroxyl groups excluding tert-OH is 1. The van der Waals surface area contributed by atoms with E-state index < -0.39 is 0 Å². The van der Waals surface area contributed by atoms with E-state index >= 15 is 0 Å². The summed E-state index contributed by atoms with van der Waals surface area (Å²) in [5.41, 5.74) is 0.520. The van der Waals surface area contributed by atoms with Crippen LogP contribution in [-0.2, 0) is 0 Å². The lowest BCUT2D eigenvalue weighted by molar-refractivity contribution is 0.322. The van der Waals surface area contributed by atoms with Crippen LogP contribution >= 0.6 is 23.4 Å². The molecule has 0 spiro atoms. The summed E-state index contributed by atoms with van der Waals surface area (Å²) in [6.07, 6.45) is 0. The molecular formula is C13H15ClN2O2S. The summed E-state index contributed by atoms with van der Waals surface area (Å²) in [6, 6.07) is 5.09. The molecule has 0 aliphatic rings. The van der Waals surface area contributed by atoms with Gasteiger partial charge < -0.3 is 5.11 Å². The Kier molecular flexibility index (Phi) is 4.50. The van der Waals surface area contributed by atoms with E-state index in [1.54, 1.807) is 22.8 Å². The molecule has 4 nitrogen and oxygen atoms in total. The number of nitrogens with zero attached hydrogens (tertiary/aromatic N) is 2. The van der Waals surface area contributed by atoms with E-state index in [4.69, 9.17) is 16.7 Å². The Morgan fingerprint density at radius 1 is 1.47 bits per heavy atom. The largest absolute Gasteiger partial charge is 0.396 e. The fourth-order valence-corrected chi connectivity index (χ4v) is 2.88. The van der Waals surface area contributed by atoms with Gasteiger partial charge in [0.1, 0.15) is 0 Å². The van der Waals surface area contributed by atoms with E-state index in [0.717, 1.165) is 0 Å². The summed E-state index contributed by atoms with van der Waals surface area (Å²) in [5.74, 6) is 0.505. The average Bonchev–Trinajstić information content (AvgIpc) is 2.35. The first-order chi connectivity index (χ1) is 9.04. The number of hydrogen-bond acceptors (Lipinski definition) is 4. The van der Waals surface area contributed by atoms with Crippen molar-refractivity contribution in [1.82, 2.24) is 9.55 Å². The van der Waals surface area contributed by atoms with Gasteiger partial charge in [-0.25, -0.2) is 4.98 Å². The van der Waals surface area contributed by atoms with E-state index in [9.17, 15) is 4.79 Å². The average molecular weight is 299 g/mol. The topological polar surface area (TPSA) is 55.1 Å².